The fourth-order valence-corrected chi connectivity index (χ4v) is 3.16. The van der Waals surface area contributed by atoms with Gasteiger partial charge < -0.3 is 0 Å². The maximum absolute atomic E-state index is 4.84. The molecule has 2 nitrogen and oxygen atoms in total. The summed E-state index contributed by atoms with van der Waals surface area (Å²) in [6.45, 7) is 17.7. The van der Waals surface area contributed by atoms with E-state index < -0.39 is 0 Å². The van der Waals surface area contributed by atoms with Crippen LogP contribution in [0.4, 0.5) is 0 Å². The van der Waals surface area contributed by atoms with Crippen molar-refractivity contribution in [3.05, 3.63) is 40.2 Å². The molecule has 0 bridgehead atoms. The van der Waals surface area contributed by atoms with Gasteiger partial charge >= 0.3 is 0 Å². The maximum Gasteiger partial charge on any atom is 0.0675 e. The zero-order valence-corrected chi connectivity index (χ0v) is 18.0. The molecule has 0 radical (unpaired) electrons. The second-order valence-corrected chi connectivity index (χ2v) is 7.28. The monoisotopic (exact) mass is 493 g/mol. The summed E-state index contributed by atoms with van der Waals surface area (Å²) in [6.07, 6.45) is 1.07. The Morgan fingerprint density at radius 2 is 1.48 bits per heavy atom. The summed E-state index contributed by atoms with van der Waals surface area (Å²) in [7, 11) is 0. The first-order valence-corrected chi connectivity index (χ1v) is 8.38. The minimum absolute atomic E-state index is 0. The normalized spacial score (nSPS) is 11.2. The van der Waals surface area contributed by atoms with Gasteiger partial charge in [0.15, 0.2) is 0 Å². The van der Waals surface area contributed by atoms with Gasteiger partial charge in [-0.05, 0) is 76.1 Å². The summed E-state index contributed by atoms with van der Waals surface area (Å²) in [5.41, 5.74) is 9.30. The van der Waals surface area contributed by atoms with Crippen molar-refractivity contribution in [2.24, 2.45) is 5.92 Å². The summed E-state index contributed by atoms with van der Waals surface area (Å²) in [6, 6.07) is 5.04. The minimum atomic E-state index is 0. The first-order valence-electron chi connectivity index (χ1n) is 8.38. The molecule has 23 heavy (non-hydrogen) atoms. The predicted octanol–water partition coefficient (Wildman–Crippen LogP) is 5.56. The van der Waals surface area contributed by atoms with E-state index in [2.05, 4.69) is 72.2 Å². The molecule has 3 heteroatoms. The molecule has 2 aromatic rings. The molecule has 0 saturated carbocycles. The van der Waals surface area contributed by atoms with Crippen molar-refractivity contribution in [2.45, 2.75) is 67.9 Å². The molecule has 1 aromatic carbocycles. The molecule has 0 spiro atoms. The van der Waals surface area contributed by atoms with Crippen LogP contribution in [0.3, 0.4) is 0 Å². The molecule has 0 aliphatic carbocycles. The Morgan fingerprint density at radius 3 is 1.91 bits per heavy atom. The average molecular weight is 494 g/mol. The molecule has 0 N–H and O–H groups in total. The van der Waals surface area contributed by atoms with E-state index in [-0.39, 0.29) is 21.1 Å². The van der Waals surface area contributed by atoms with Crippen molar-refractivity contribution in [3.63, 3.8) is 0 Å². The number of nitrogens with zero attached hydrogens (tertiary/aromatic N) is 2. The van der Waals surface area contributed by atoms with Gasteiger partial charge in [-0.25, -0.2) is 0 Å². The van der Waals surface area contributed by atoms with Crippen molar-refractivity contribution in [3.8, 4) is 11.1 Å². The van der Waals surface area contributed by atoms with Crippen LogP contribution in [0.2, 0.25) is 0 Å². The van der Waals surface area contributed by atoms with Gasteiger partial charge in [-0.2, -0.15) is 5.10 Å². The molecule has 0 saturated heterocycles. The molecule has 0 aliphatic rings. The Kier molecular flexibility index (Phi) is 6.83. The maximum atomic E-state index is 4.84. The van der Waals surface area contributed by atoms with E-state index in [0.29, 0.717) is 12.0 Å². The van der Waals surface area contributed by atoms with Gasteiger partial charge in [0, 0.05) is 38.4 Å². The van der Waals surface area contributed by atoms with E-state index in [1.165, 1.54) is 33.5 Å². The van der Waals surface area contributed by atoms with Crippen LogP contribution in [0.25, 0.3) is 11.1 Å². The largest absolute Gasteiger partial charge is 0.266 e. The van der Waals surface area contributed by atoms with Crippen LogP contribution in [0.5, 0.6) is 0 Å². The van der Waals surface area contributed by atoms with Crippen LogP contribution < -0.4 is 0 Å². The van der Waals surface area contributed by atoms with Crippen LogP contribution in [-0.4, -0.2) is 9.78 Å². The fraction of sp³-hybridized carbons (Fsp3) is 0.550. The van der Waals surface area contributed by atoms with Crippen LogP contribution in [0.15, 0.2) is 12.1 Å². The molecule has 0 amide bonds. The van der Waals surface area contributed by atoms with Gasteiger partial charge in [-0.1, -0.05) is 26.0 Å². The molecule has 0 fully saturated rings. The standard InChI is InChI=1S/C20H30N2.Pt/c1-12(2)9-19-20(17(8)21-22(19)13(3)4)18-10-14(5)16(7)15(6)11-18;/h10-13H,9H2,1-8H3;. The Hall–Kier alpha value is -0.882. The Bertz CT molecular complexity index is 658. The summed E-state index contributed by atoms with van der Waals surface area (Å²) in [5, 5.41) is 4.84. The number of aryl methyl sites for hydroxylation is 3. The smallest absolute Gasteiger partial charge is 0.0675 e. The number of aromatic nitrogens is 2. The van der Waals surface area contributed by atoms with Gasteiger partial charge in [0.2, 0.25) is 0 Å². The zero-order chi connectivity index (χ0) is 16.6. The summed E-state index contributed by atoms with van der Waals surface area (Å²) in [5.74, 6) is 0.625. The summed E-state index contributed by atoms with van der Waals surface area (Å²) in [4.78, 5) is 0. The molecule has 0 atom stereocenters. The third kappa shape index (κ3) is 4.15. The third-order valence-electron chi connectivity index (χ3n) is 4.49. The Morgan fingerprint density at radius 1 is 0.957 bits per heavy atom. The number of benzene rings is 1. The van der Waals surface area contributed by atoms with Gasteiger partial charge in [-0.3, -0.25) is 4.68 Å². The summed E-state index contributed by atoms with van der Waals surface area (Å²) >= 11 is 0. The number of hydrogen-bond donors (Lipinski definition) is 0. The van der Waals surface area contributed by atoms with Crippen LogP contribution in [0.1, 0.15) is 61.8 Å². The first kappa shape index (κ1) is 20.2. The quantitative estimate of drug-likeness (QED) is 0.545. The van der Waals surface area contributed by atoms with E-state index in [1.807, 2.05) is 0 Å². The third-order valence-corrected chi connectivity index (χ3v) is 4.49. The van der Waals surface area contributed by atoms with Crippen molar-refractivity contribution in [1.82, 2.24) is 9.78 Å². The Balaban J connectivity index is 0.00000264. The van der Waals surface area contributed by atoms with Gasteiger partial charge in [0.05, 0.1) is 5.69 Å². The van der Waals surface area contributed by atoms with Crippen molar-refractivity contribution in [2.75, 3.05) is 0 Å². The second kappa shape index (κ2) is 7.79. The van der Waals surface area contributed by atoms with Crippen LogP contribution in [-0.2, 0) is 27.5 Å². The van der Waals surface area contributed by atoms with Gasteiger partial charge in [-0.15, -0.1) is 0 Å². The molecule has 1 aromatic heterocycles. The molecular formula is C20H30N2Pt. The first-order chi connectivity index (χ1) is 10.2. The topological polar surface area (TPSA) is 17.8 Å². The molecular weight excluding hydrogens is 463 g/mol. The zero-order valence-electron chi connectivity index (χ0n) is 15.7. The molecule has 1 heterocycles. The summed E-state index contributed by atoms with van der Waals surface area (Å²) < 4.78 is 2.22. The van der Waals surface area contributed by atoms with Crippen molar-refractivity contribution in [1.29, 1.82) is 0 Å². The van der Waals surface area contributed by atoms with Gasteiger partial charge in [0.25, 0.3) is 0 Å². The molecule has 0 aliphatic heterocycles. The number of rotatable bonds is 4. The predicted molar refractivity (Wildman–Crippen MR) is 95.5 cm³/mol. The average Bonchev–Trinajstić information content (AvgIpc) is 2.71. The molecule has 0 unspecified atom stereocenters. The van der Waals surface area contributed by atoms with E-state index in [9.17, 15) is 0 Å². The number of hydrogen-bond acceptors (Lipinski definition) is 1. The van der Waals surface area contributed by atoms with Crippen LogP contribution >= 0.6 is 0 Å². The van der Waals surface area contributed by atoms with E-state index in [4.69, 9.17) is 5.10 Å². The Labute approximate surface area is 155 Å². The van der Waals surface area contributed by atoms with E-state index >= 15 is 0 Å². The SMILES string of the molecule is Cc1cc(-c2c(C)nn(C(C)C)c2CC(C)C)cc(C)c1C.[Pt]. The minimum Gasteiger partial charge on any atom is -0.266 e. The molecule has 130 valence electrons. The van der Waals surface area contributed by atoms with Crippen molar-refractivity contribution >= 4 is 0 Å². The molecule has 2 rings (SSSR count). The second-order valence-electron chi connectivity index (χ2n) is 7.28. The van der Waals surface area contributed by atoms with E-state index in [0.717, 1.165) is 12.1 Å². The fourth-order valence-electron chi connectivity index (χ4n) is 3.16. The van der Waals surface area contributed by atoms with Crippen LogP contribution in [0, 0.1) is 33.6 Å². The van der Waals surface area contributed by atoms with Crippen molar-refractivity contribution < 1.29 is 21.1 Å². The van der Waals surface area contributed by atoms with Gasteiger partial charge in [0.1, 0.15) is 0 Å². The van der Waals surface area contributed by atoms with E-state index in [1.54, 1.807) is 0 Å².